The molecule has 0 amide bonds. The van der Waals surface area contributed by atoms with Gasteiger partial charge in [-0.3, -0.25) is 0 Å². The van der Waals surface area contributed by atoms with Gasteiger partial charge in [-0.1, -0.05) is 11.3 Å². The molecule has 0 bridgehead atoms. The fourth-order valence-electron chi connectivity index (χ4n) is 3.21. The van der Waals surface area contributed by atoms with Gasteiger partial charge in [0, 0.05) is 16.4 Å². The number of rotatable bonds is 4. The maximum atomic E-state index is 13.2. The van der Waals surface area contributed by atoms with Crippen LogP contribution in [-0.4, -0.2) is 15.2 Å². The highest BCUT2D eigenvalue weighted by Crippen LogP contribution is 2.43. The summed E-state index contributed by atoms with van der Waals surface area (Å²) in [5.74, 6) is 0.423. The Kier molecular flexibility index (Phi) is 3.78. The lowest BCUT2D eigenvalue weighted by molar-refractivity contribution is 0.593. The van der Waals surface area contributed by atoms with Crippen LogP contribution >= 0.6 is 22.7 Å². The number of benzene rings is 1. The van der Waals surface area contributed by atoms with Gasteiger partial charge in [-0.15, -0.1) is 21.5 Å². The third-order valence-corrected chi connectivity index (χ3v) is 6.91. The number of thiazole rings is 1. The standard InChI is InChI=1S/C18H17FN4S2/c19-12-8-6-10(7-9-12)16-21-15-13(2-1-3-14(15)24-16)20-18-23-22-17(25-18)11-4-5-11/h6-9,11,13H,1-5H2,(H,20,23). The molecule has 2 aliphatic rings. The average molecular weight is 372 g/mol. The zero-order chi connectivity index (χ0) is 16.8. The second-order valence-electron chi connectivity index (χ2n) is 6.64. The zero-order valence-corrected chi connectivity index (χ0v) is 15.2. The summed E-state index contributed by atoms with van der Waals surface area (Å²) in [7, 11) is 0. The van der Waals surface area contributed by atoms with Crippen LogP contribution in [0.4, 0.5) is 9.52 Å². The zero-order valence-electron chi connectivity index (χ0n) is 13.5. The molecular formula is C18H17FN4S2. The maximum absolute atomic E-state index is 13.2. The molecule has 7 heteroatoms. The van der Waals surface area contributed by atoms with E-state index in [0.29, 0.717) is 5.92 Å². The lowest BCUT2D eigenvalue weighted by atomic mass is 9.98. The first kappa shape index (κ1) is 15.4. The monoisotopic (exact) mass is 372 g/mol. The average Bonchev–Trinajstić information content (AvgIpc) is 3.20. The molecule has 0 saturated heterocycles. The molecule has 0 radical (unpaired) electrons. The number of anilines is 1. The SMILES string of the molecule is Fc1ccc(-c2nc3c(s2)CCCC3Nc2nnc(C3CC3)s2)cc1. The molecule has 128 valence electrons. The summed E-state index contributed by atoms with van der Waals surface area (Å²) in [6, 6.07) is 6.77. The molecule has 25 heavy (non-hydrogen) atoms. The van der Waals surface area contributed by atoms with Crippen molar-refractivity contribution in [1.29, 1.82) is 0 Å². The van der Waals surface area contributed by atoms with Crippen LogP contribution in [0.5, 0.6) is 0 Å². The van der Waals surface area contributed by atoms with E-state index >= 15 is 0 Å². The Morgan fingerprint density at radius 2 is 1.88 bits per heavy atom. The van der Waals surface area contributed by atoms with Crippen LogP contribution in [0.3, 0.4) is 0 Å². The van der Waals surface area contributed by atoms with Gasteiger partial charge in [0.1, 0.15) is 15.8 Å². The van der Waals surface area contributed by atoms with Gasteiger partial charge in [-0.05, 0) is 56.4 Å². The highest BCUT2D eigenvalue weighted by Gasteiger charge is 2.29. The second kappa shape index (κ2) is 6.14. The Hall–Kier alpha value is -1.86. The molecule has 1 fully saturated rings. The van der Waals surface area contributed by atoms with E-state index in [1.807, 2.05) is 0 Å². The van der Waals surface area contributed by atoms with Gasteiger partial charge in [-0.25, -0.2) is 9.37 Å². The largest absolute Gasteiger partial charge is 0.352 e. The normalized spacial score (nSPS) is 19.6. The number of fused-ring (bicyclic) bond motifs is 1. The molecule has 1 unspecified atom stereocenters. The first-order valence-corrected chi connectivity index (χ1v) is 10.2. The van der Waals surface area contributed by atoms with Crippen LogP contribution in [0.15, 0.2) is 24.3 Å². The van der Waals surface area contributed by atoms with E-state index in [4.69, 9.17) is 4.98 Å². The fraction of sp³-hybridized carbons (Fsp3) is 0.389. The van der Waals surface area contributed by atoms with E-state index in [1.165, 1.54) is 29.9 Å². The van der Waals surface area contributed by atoms with Gasteiger partial charge < -0.3 is 5.32 Å². The second-order valence-corrected chi connectivity index (χ2v) is 8.74. The maximum Gasteiger partial charge on any atom is 0.206 e. The quantitative estimate of drug-likeness (QED) is 0.687. The minimum absolute atomic E-state index is 0.189. The van der Waals surface area contributed by atoms with Gasteiger partial charge in [0.15, 0.2) is 0 Å². The van der Waals surface area contributed by atoms with Crippen molar-refractivity contribution in [3.63, 3.8) is 0 Å². The third-order valence-electron chi connectivity index (χ3n) is 4.71. The van der Waals surface area contributed by atoms with Gasteiger partial charge in [0.05, 0.1) is 11.7 Å². The van der Waals surface area contributed by atoms with E-state index in [2.05, 4.69) is 15.5 Å². The molecule has 1 atom stereocenters. The van der Waals surface area contributed by atoms with Crippen molar-refractivity contribution >= 4 is 27.8 Å². The number of hydrogen-bond acceptors (Lipinski definition) is 6. The van der Waals surface area contributed by atoms with Crippen LogP contribution in [0.1, 0.15) is 53.2 Å². The Balaban J connectivity index is 1.41. The van der Waals surface area contributed by atoms with E-state index < -0.39 is 0 Å². The van der Waals surface area contributed by atoms with Crippen molar-refractivity contribution in [2.75, 3.05) is 5.32 Å². The third kappa shape index (κ3) is 3.06. The van der Waals surface area contributed by atoms with Crippen LogP contribution in [0.2, 0.25) is 0 Å². The van der Waals surface area contributed by atoms with Crippen molar-refractivity contribution in [2.45, 2.75) is 44.1 Å². The molecule has 4 nitrogen and oxygen atoms in total. The minimum atomic E-state index is -0.215. The Bertz CT molecular complexity index is 898. The highest BCUT2D eigenvalue weighted by atomic mass is 32.1. The van der Waals surface area contributed by atoms with Crippen molar-refractivity contribution < 1.29 is 4.39 Å². The molecule has 2 aliphatic carbocycles. The first-order valence-electron chi connectivity index (χ1n) is 8.62. The predicted octanol–water partition coefficient (Wildman–Crippen LogP) is 5.17. The number of hydrogen-bond donors (Lipinski definition) is 1. The predicted molar refractivity (Wildman–Crippen MR) is 98.7 cm³/mol. The van der Waals surface area contributed by atoms with Gasteiger partial charge >= 0.3 is 0 Å². The Labute approximate surface area is 153 Å². The Morgan fingerprint density at radius 3 is 2.68 bits per heavy atom. The van der Waals surface area contributed by atoms with Crippen LogP contribution in [-0.2, 0) is 6.42 Å². The smallest absolute Gasteiger partial charge is 0.206 e. The van der Waals surface area contributed by atoms with Crippen molar-refractivity contribution in [3.05, 3.63) is 45.7 Å². The fourth-order valence-corrected chi connectivity index (χ4v) is 5.35. The lowest BCUT2D eigenvalue weighted by Crippen LogP contribution is -2.16. The lowest BCUT2D eigenvalue weighted by Gasteiger charge is -2.21. The van der Waals surface area contributed by atoms with Crippen LogP contribution in [0.25, 0.3) is 10.6 Å². The minimum Gasteiger partial charge on any atom is -0.352 e. The summed E-state index contributed by atoms with van der Waals surface area (Å²) < 4.78 is 13.2. The first-order chi connectivity index (χ1) is 12.3. The molecule has 0 spiro atoms. The van der Waals surface area contributed by atoms with E-state index in [1.54, 1.807) is 34.8 Å². The summed E-state index contributed by atoms with van der Waals surface area (Å²) >= 11 is 3.40. The summed E-state index contributed by atoms with van der Waals surface area (Å²) in [5.41, 5.74) is 2.10. The molecule has 2 heterocycles. The number of halogens is 1. The molecule has 5 rings (SSSR count). The number of nitrogens with zero attached hydrogens (tertiary/aromatic N) is 3. The number of aromatic nitrogens is 3. The summed E-state index contributed by atoms with van der Waals surface area (Å²) in [6.07, 6.45) is 5.75. The summed E-state index contributed by atoms with van der Waals surface area (Å²) in [5, 5.41) is 15.2. The van der Waals surface area contributed by atoms with Crippen molar-refractivity contribution in [1.82, 2.24) is 15.2 Å². The number of nitrogens with one attached hydrogen (secondary N) is 1. The molecule has 1 N–H and O–H groups in total. The molecule has 0 aliphatic heterocycles. The summed E-state index contributed by atoms with van der Waals surface area (Å²) in [4.78, 5) is 6.20. The summed E-state index contributed by atoms with van der Waals surface area (Å²) in [6.45, 7) is 0. The van der Waals surface area contributed by atoms with Gasteiger partial charge in [0.25, 0.3) is 0 Å². The van der Waals surface area contributed by atoms with Crippen LogP contribution in [0, 0.1) is 5.82 Å². The topological polar surface area (TPSA) is 50.7 Å². The molecule has 1 aromatic carbocycles. The molecule has 2 aromatic heterocycles. The van der Waals surface area contributed by atoms with E-state index in [0.717, 1.165) is 45.7 Å². The van der Waals surface area contributed by atoms with Gasteiger partial charge in [0.2, 0.25) is 5.13 Å². The molecule has 3 aromatic rings. The van der Waals surface area contributed by atoms with E-state index in [9.17, 15) is 4.39 Å². The van der Waals surface area contributed by atoms with Crippen LogP contribution < -0.4 is 5.32 Å². The van der Waals surface area contributed by atoms with E-state index in [-0.39, 0.29) is 11.9 Å². The van der Waals surface area contributed by atoms with Gasteiger partial charge in [-0.2, -0.15) is 0 Å². The van der Waals surface area contributed by atoms with Crippen molar-refractivity contribution in [2.24, 2.45) is 0 Å². The Morgan fingerprint density at radius 1 is 1.04 bits per heavy atom. The molecular weight excluding hydrogens is 355 g/mol. The molecule has 1 saturated carbocycles. The highest BCUT2D eigenvalue weighted by molar-refractivity contribution is 7.15. The number of aryl methyl sites for hydroxylation is 1. The van der Waals surface area contributed by atoms with Crippen molar-refractivity contribution in [3.8, 4) is 10.6 Å².